The normalized spacial score (nSPS) is 22.7. The van der Waals surface area contributed by atoms with E-state index in [1.54, 1.807) is 61.7 Å². The summed E-state index contributed by atoms with van der Waals surface area (Å²) in [5.41, 5.74) is 5.46. The van der Waals surface area contributed by atoms with Crippen LogP contribution >= 0.6 is 0 Å². The molecule has 0 unspecified atom stereocenters. The molecule has 4 aromatic carbocycles. The second-order valence-corrected chi connectivity index (χ2v) is 18.6. The van der Waals surface area contributed by atoms with Crippen LogP contribution < -0.4 is 15.4 Å². The average Bonchev–Trinajstić information content (AvgIpc) is 3.53. The minimum absolute atomic E-state index is 0.295. The van der Waals surface area contributed by atoms with Crippen LogP contribution in [-0.2, 0) is 19.7 Å². The third kappa shape index (κ3) is 7.58. The van der Waals surface area contributed by atoms with Gasteiger partial charge in [-0.15, -0.1) is 0 Å². The Morgan fingerprint density at radius 1 is 0.604 bits per heavy atom. The van der Waals surface area contributed by atoms with Crippen LogP contribution in [0.15, 0.2) is 105 Å². The van der Waals surface area contributed by atoms with Gasteiger partial charge in [0.1, 0.15) is 5.75 Å². The predicted octanol–water partition coefficient (Wildman–Crippen LogP) is 7.34. The van der Waals surface area contributed by atoms with Crippen molar-refractivity contribution >= 4 is 31.0 Å². The van der Waals surface area contributed by atoms with Gasteiger partial charge in [-0.1, -0.05) is 26.0 Å². The first-order valence-electron chi connectivity index (χ1n) is 19.0. The Morgan fingerprint density at radius 3 is 1.53 bits per heavy atom. The highest BCUT2D eigenvalue weighted by molar-refractivity contribution is 7.91. The summed E-state index contributed by atoms with van der Waals surface area (Å²) in [7, 11) is -5.46. The van der Waals surface area contributed by atoms with Crippen molar-refractivity contribution in [2.24, 2.45) is 0 Å². The summed E-state index contributed by atoms with van der Waals surface area (Å²) in [5, 5.41) is 7.24. The fourth-order valence-electron chi connectivity index (χ4n) is 8.54. The van der Waals surface area contributed by atoms with Crippen LogP contribution in [0.3, 0.4) is 0 Å². The van der Waals surface area contributed by atoms with Gasteiger partial charge >= 0.3 is 0 Å². The SMILES string of the molecule is CCN1CC[C@@H]2Nc3ccc(S(=O)(=O)c4ccc(OC)cc4)cc3[C@H]2CC1.CCN1CC[C@@H]2Nc3ccc(S(=O)(=O)c4cccc(C)c4)cc3[C@H]2CC1. The summed E-state index contributed by atoms with van der Waals surface area (Å²) in [6.07, 6.45) is 4.33. The molecule has 4 aromatic rings. The number of rotatable bonds is 7. The van der Waals surface area contributed by atoms with E-state index in [-0.39, 0.29) is 0 Å². The minimum Gasteiger partial charge on any atom is -0.497 e. The van der Waals surface area contributed by atoms with Crippen LogP contribution in [0.1, 0.15) is 68.1 Å². The molecule has 4 atom stereocenters. The van der Waals surface area contributed by atoms with Crippen molar-refractivity contribution in [3.8, 4) is 5.75 Å². The van der Waals surface area contributed by atoms with Gasteiger partial charge in [0.2, 0.25) is 19.7 Å². The number of ether oxygens (including phenoxy) is 1. The lowest BCUT2D eigenvalue weighted by Gasteiger charge is -2.17. The maximum Gasteiger partial charge on any atom is 0.206 e. The summed E-state index contributed by atoms with van der Waals surface area (Å²) < 4.78 is 57.5. The van der Waals surface area contributed by atoms with Crippen LogP contribution in [0.25, 0.3) is 0 Å². The monoisotopic (exact) mass is 756 g/mol. The number of nitrogens with one attached hydrogen (secondary N) is 2. The van der Waals surface area contributed by atoms with Crippen molar-refractivity contribution in [1.29, 1.82) is 0 Å². The molecule has 2 saturated heterocycles. The molecule has 0 radical (unpaired) electrons. The molecule has 0 bridgehead atoms. The number of hydrogen-bond acceptors (Lipinski definition) is 9. The molecule has 53 heavy (non-hydrogen) atoms. The van der Waals surface area contributed by atoms with E-state index in [9.17, 15) is 16.8 Å². The number of likely N-dealkylation sites (tertiary alicyclic amines) is 2. The Labute approximate surface area is 315 Å². The van der Waals surface area contributed by atoms with Crippen LogP contribution in [0.5, 0.6) is 5.75 Å². The Kier molecular flexibility index (Phi) is 10.9. The smallest absolute Gasteiger partial charge is 0.206 e. The molecule has 2 N–H and O–H groups in total. The van der Waals surface area contributed by atoms with Gasteiger partial charge in [-0.2, -0.15) is 0 Å². The van der Waals surface area contributed by atoms with Crippen molar-refractivity contribution in [1.82, 2.24) is 9.80 Å². The number of nitrogens with zero attached hydrogens (tertiary/aromatic N) is 2. The molecule has 4 heterocycles. The zero-order chi connectivity index (χ0) is 37.3. The highest BCUT2D eigenvalue weighted by atomic mass is 32.2. The van der Waals surface area contributed by atoms with Crippen LogP contribution in [0.4, 0.5) is 11.4 Å². The Bertz CT molecular complexity index is 2160. The lowest BCUT2D eigenvalue weighted by Crippen LogP contribution is -2.25. The summed E-state index contributed by atoms with van der Waals surface area (Å²) in [6, 6.07) is 25.7. The molecule has 0 amide bonds. The van der Waals surface area contributed by atoms with Gasteiger partial charge in [0, 0.05) is 48.4 Å². The first-order valence-corrected chi connectivity index (χ1v) is 21.9. The van der Waals surface area contributed by atoms with Gasteiger partial charge in [0.15, 0.2) is 0 Å². The van der Waals surface area contributed by atoms with Crippen molar-refractivity contribution in [2.75, 3.05) is 57.0 Å². The maximum atomic E-state index is 13.1. The van der Waals surface area contributed by atoms with E-state index in [2.05, 4.69) is 34.3 Å². The molecule has 11 heteroatoms. The van der Waals surface area contributed by atoms with Gasteiger partial charge in [0.05, 0.1) is 26.7 Å². The zero-order valence-corrected chi connectivity index (χ0v) is 32.8. The molecule has 4 aliphatic heterocycles. The van der Waals surface area contributed by atoms with Gasteiger partial charge in [-0.25, -0.2) is 16.8 Å². The summed E-state index contributed by atoms with van der Waals surface area (Å²) in [6.45, 7) is 12.8. The first kappa shape index (κ1) is 37.4. The summed E-state index contributed by atoms with van der Waals surface area (Å²) >= 11 is 0. The van der Waals surface area contributed by atoms with E-state index in [4.69, 9.17) is 4.74 Å². The van der Waals surface area contributed by atoms with Crippen molar-refractivity contribution in [3.63, 3.8) is 0 Å². The lowest BCUT2D eigenvalue weighted by atomic mass is 9.91. The highest BCUT2D eigenvalue weighted by Gasteiger charge is 2.36. The van der Waals surface area contributed by atoms with Gasteiger partial charge < -0.3 is 25.2 Å². The highest BCUT2D eigenvalue weighted by Crippen LogP contribution is 2.44. The third-order valence-corrected chi connectivity index (χ3v) is 15.2. The second kappa shape index (κ2) is 15.5. The van der Waals surface area contributed by atoms with E-state index in [1.807, 2.05) is 37.3 Å². The van der Waals surface area contributed by atoms with Crippen LogP contribution in [-0.4, -0.2) is 85.1 Å². The van der Waals surface area contributed by atoms with Crippen LogP contribution in [0.2, 0.25) is 0 Å². The van der Waals surface area contributed by atoms with Crippen molar-refractivity contribution < 1.29 is 21.6 Å². The van der Waals surface area contributed by atoms with Gasteiger partial charge in [0.25, 0.3) is 0 Å². The fraction of sp³-hybridized carbons (Fsp3) is 0.429. The second-order valence-electron chi connectivity index (χ2n) is 14.7. The fourth-order valence-corrected chi connectivity index (χ4v) is 11.2. The molecule has 2 fully saturated rings. The molecule has 4 aliphatic rings. The molecule has 0 aliphatic carbocycles. The van der Waals surface area contributed by atoms with Crippen molar-refractivity contribution in [3.05, 3.63) is 102 Å². The van der Waals surface area contributed by atoms with Crippen molar-refractivity contribution in [2.45, 2.75) is 90.0 Å². The zero-order valence-electron chi connectivity index (χ0n) is 31.2. The molecule has 8 rings (SSSR count). The molecule has 9 nitrogen and oxygen atoms in total. The van der Waals surface area contributed by atoms with Crippen LogP contribution in [0, 0.1) is 6.92 Å². The maximum absolute atomic E-state index is 13.1. The summed E-state index contributed by atoms with van der Waals surface area (Å²) in [5.74, 6) is 1.42. The summed E-state index contributed by atoms with van der Waals surface area (Å²) in [4.78, 5) is 6.39. The quantitative estimate of drug-likeness (QED) is 0.200. The number of methoxy groups -OCH3 is 1. The molecular weight excluding hydrogens is 705 g/mol. The average molecular weight is 757 g/mol. The molecule has 0 aromatic heterocycles. The Morgan fingerprint density at radius 2 is 1.06 bits per heavy atom. The van der Waals surface area contributed by atoms with E-state index in [1.165, 1.54) is 5.56 Å². The lowest BCUT2D eigenvalue weighted by molar-refractivity contribution is 0.298. The number of fused-ring (bicyclic) bond motifs is 6. The molecular formula is C42H52N4O5S2. The first-order chi connectivity index (χ1) is 25.5. The van der Waals surface area contributed by atoms with E-state index < -0.39 is 19.7 Å². The number of benzene rings is 4. The van der Waals surface area contributed by atoms with Gasteiger partial charge in [-0.3, -0.25) is 0 Å². The topological polar surface area (TPSA) is 108 Å². The number of sulfone groups is 2. The number of aryl methyl sites for hydroxylation is 1. The van der Waals surface area contributed by atoms with Gasteiger partial charge in [-0.05, 0) is 148 Å². The minimum atomic E-state index is -3.54. The Hall–Kier alpha value is -3.90. The van der Waals surface area contributed by atoms with E-state index >= 15 is 0 Å². The van der Waals surface area contributed by atoms with E-state index in [0.29, 0.717) is 49.3 Å². The number of hydrogen-bond donors (Lipinski definition) is 2. The van der Waals surface area contributed by atoms with E-state index in [0.717, 1.165) is 87.5 Å². The largest absolute Gasteiger partial charge is 0.497 e. The molecule has 0 spiro atoms. The predicted molar refractivity (Wildman–Crippen MR) is 211 cm³/mol. The third-order valence-electron chi connectivity index (χ3n) is 11.7. The Balaban J connectivity index is 0.000000164. The molecule has 282 valence electrons. The molecule has 0 saturated carbocycles. The number of anilines is 2. The standard InChI is InChI=1S/C21H26N2O3S.C21H26N2O2S/c1-3-23-12-10-18-19-14-17(8-9-20(19)22-21(18)11-13-23)27(24,25)16-6-4-15(26-2)5-7-16;1-3-23-11-9-18-19-14-17(7-8-20(19)22-21(18)10-12-23)26(24,25)16-6-4-5-15(2)13-16/h4-9,14,18,21-22H,3,10-13H2,1-2H3;4-8,13-14,18,21-22H,3,9-12H2,1-2H3/t2*18-,21+/m11/s1.